The minimum Gasteiger partial charge on any atom is -0.497 e. The lowest BCUT2D eigenvalue weighted by molar-refractivity contribution is -0.107. The molecule has 0 spiro atoms. The van der Waals surface area contributed by atoms with Gasteiger partial charge in [-0.3, -0.25) is 0 Å². The molecule has 1 unspecified atom stereocenters. The molecule has 1 heterocycles. The third-order valence-corrected chi connectivity index (χ3v) is 3.77. The average molecular weight is 325 g/mol. The van der Waals surface area contributed by atoms with Gasteiger partial charge < -0.3 is 13.9 Å². The number of carbonyl (C=O) groups excluding carboxylic acids is 1. The number of aldehydes is 1. The summed E-state index contributed by atoms with van der Waals surface area (Å²) in [5.74, 6) is 1.67. The standard InChI is InChI=1S/C18H15NO3S/c1-21-14-9-7-12(8-10-14)16-17(13-5-3-2-4-6-13)22-18(19-16)15(23)11-20/h2-11,15,23H,1H3. The lowest BCUT2D eigenvalue weighted by Crippen LogP contribution is -1.91. The number of aromatic nitrogens is 1. The maximum Gasteiger partial charge on any atom is 0.215 e. The highest BCUT2D eigenvalue weighted by Gasteiger charge is 2.20. The van der Waals surface area contributed by atoms with Gasteiger partial charge in [0.1, 0.15) is 23.0 Å². The molecule has 116 valence electrons. The van der Waals surface area contributed by atoms with Gasteiger partial charge >= 0.3 is 0 Å². The van der Waals surface area contributed by atoms with Crippen LogP contribution in [0.3, 0.4) is 0 Å². The Balaban J connectivity index is 2.13. The van der Waals surface area contributed by atoms with Crippen molar-refractivity contribution in [1.82, 2.24) is 4.98 Å². The topological polar surface area (TPSA) is 52.3 Å². The van der Waals surface area contributed by atoms with E-state index in [9.17, 15) is 4.79 Å². The molecule has 0 fully saturated rings. The van der Waals surface area contributed by atoms with E-state index in [1.165, 1.54) is 0 Å². The summed E-state index contributed by atoms with van der Waals surface area (Å²) in [5.41, 5.74) is 2.45. The highest BCUT2D eigenvalue weighted by molar-refractivity contribution is 7.81. The summed E-state index contributed by atoms with van der Waals surface area (Å²) in [6, 6.07) is 17.2. The number of rotatable bonds is 5. The van der Waals surface area contributed by atoms with Gasteiger partial charge in [0.05, 0.1) is 7.11 Å². The molecule has 0 aliphatic heterocycles. The van der Waals surface area contributed by atoms with E-state index in [4.69, 9.17) is 9.15 Å². The number of thiol groups is 1. The number of ether oxygens (including phenoxy) is 1. The molecule has 23 heavy (non-hydrogen) atoms. The predicted octanol–water partition coefficient (Wildman–Crippen LogP) is 4.19. The number of nitrogens with zero attached hydrogens (tertiary/aromatic N) is 1. The van der Waals surface area contributed by atoms with Crippen molar-refractivity contribution in [3.05, 3.63) is 60.5 Å². The second kappa shape index (κ2) is 6.71. The smallest absolute Gasteiger partial charge is 0.215 e. The second-order valence-corrected chi connectivity index (χ2v) is 5.46. The van der Waals surface area contributed by atoms with E-state index in [0.717, 1.165) is 16.9 Å². The zero-order chi connectivity index (χ0) is 16.2. The molecular formula is C18H15NO3S. The number of hydrogen-bond acceptors (Lipinski definition) is 5. The fourth-order valence-corrected chi connectivity index (χ4v) is 2.36. The Morgan fingerprint density at radius 3 is 2.39 bits per heavy atom. The first-order chi connectivity index (χ1) is 11.2. The van der Waals surface area contributed by atoms with Crippen molar-refractivity contribution in [3.8, 4) is 28.3 Å². The third-order valence-electron chi connectivity index (χ3n) is 3.43. The fraction of sp³-hybridized carbons (Fsp3) is 0.111. The third kappa shape index (κ3) is 3.14. The Labute approximate surface area is 139 Å². The zero-order valence-electron chi connectivity index (χ0n) is 12.5. The minimum absolute atomic E-state index is 0.285. The molecule has 0 radical (unpaired) electrons. The number of benzene rings is 2. The van der Waals surface area contributed by atoms with Crippen molar-refractivity contribution in [3.63, 3.8) is 0 Å². The molecule has 0 amide bonds. The first-order valence-electron chi connectivity index (χ1n) is 7.07. The monoisotopic (exact) mass is 325 g/mol. The Hall–Kier alpha value is -2.53. The van der Waals surface area contributed by atoms with Crippen molar-refractivity contribution in [2.45, 2.75) is 5.25 Å². The van der Waals surface area contributed by atoms with Crippen molar-refractivity contribution in [2.75, 3.05) is 7.11 Å². The molecule has 1 atom stereocenters. The average Bonchev–Trinajstić information content (AvgIpc) is 3.07. The SMILES string of the molecule is COc1ccc(-c2nc(C(S)C=O)oc2-c2ccccc2)cc1. The molecule has 0 aliphatic carbocycles. The van der Waals surface area contributed by atoms with Crippen LogP contribution in [-0.4, -0.2) is 18.4 Å². The predicted molar refractivity (Wildman–Crippen MR) is 91.7 cm³/mol. The molecule has 1 aromatic heterocycles. The maximum absolute atomic E-state index is 11.0. The summed E-state index contributed by atoms with van der Waals surface area (Å²) in [6.07, 6.45) is 0.696. The molecule has 3 rings (SSSR count). The Kier molecular flexibility index (Phi) is 4.48. The summed E-state index contributed by atoms with van der Waals surface area (Å²) >= 11 is 4.19. The number of oxazole rings is 1. The molecule has 0 aliphatic rings. The molecule has 5 heteroatoms. The van der Waals surface area contributed by atoms with E-state index in [1.807, 2.05) is 54.6 Å². The van der Waals surface area contributed by atoms with Crippen LogP contribution in [-0.2, 0) is 4.79 Å². The first kappa shape index (κ1) is 15.4. The van der Waals surface area contributed by atoms with Crippen LogP contribution >= 0.6 is 12.6 Å². The summed E-state index contributed by atoms with van der Waals surface area (Å²) in [7, 11) is 1.62. The molecule has 0 bridgehead atoms. The summed E-state index contributed by atoms with van der Waals surface area (Å²) < 4.78 is 11.0. The van der Waals surface area contributed by atoms with Gasteiger partial charge in [0.15, 0.2) is 5.76 Å². The summed E-state index contributed by atoms with van der Waals surface area (Å²) in [5, 5.41) is -0.690. The van der Waals surface area contributed by atoms with E-state index in [-0.39, 0.29) is 5.89 Å². The molecule has 4 nitrogen and oxygen atoms in total. The first-order valence-corrected chi connectivity index (χ1v) is 7.58. The number of methoxy groups -OCH3 is 1. The van der Waals surface area contributed by atoms with Crippen LogP contribution in [0.25, 0.3) is 22.6 Å². The van der Waals surface area contributed by atoms with Gasteiger partial charge in [-0.25, -0.2) is 4.98 Å². The highest BCUT2D eigenvalue weighted by atomic mass is 32.1. The van der Waals surface area contributed by atoms with E-state index < -0.39 is 5.25 Å². The van der Waals surface area contributed by atoms with Gasteiger partial charge in [0, 0.05) is 11.1 Å². The maximum atomic E-state index is 11.0. The number of hydrogen-bond donors (Lipinski definition) is 1. The zero-order valence-corrected chi connectivity index (χ0v) is 13.4. The van der Waals surface area contributed by atoms with Crippen molar-refractivity contribution < 1.29 is 13.9 Å². The van der Waals surface area contributed by atoms with E-state index in [2.05, 4.69) is 17.6 Å². The summed E-state index contributed by atoms with van der Waals surface area (Å²) in [4.78, 5) is 15.5. The Morgan fingerprint density at radius 1 is 1.09 bits per heavy atom. The van der Waals surface area contributed by atoms with Crippen molar-refractivity contribution in [1.29, 1.82) is 0 Å². The van der Waals surface area contributed by atoms with Crippen LogP contribution in [0, 0.1) is 0 Å². The number of carbonyl (C=O) groups is 1. The molecule has 0 N–H and O–H groups in total. The van der Waals surface area contributed by atoms with E-state index >= 15 is 0 Å². The lowest BCUT2D eigenvalue weighted by Gasteiger charge is -2.03. The Morgan fingerprint density at radius 2 is 1.78 bits per heavy atom. The fourth-order valence-electron chi connectivity index (χ4n) is 2.25. The van der Waals surface area contributed by atoms with E-state index in [0.29, 0.717) is 17.7 Å². The highest BCUT2D eigenvalue weighted by Crippen LogP contribution is 2.35. The van der Waals surface area contributed by atoms with Crippen molar-refractivity contribution >= 4 is 18.9 Å². The van der Waals surface area contributed by atoms with Crippen LogP contribution in [0.5, 0.6) is 5.75 Å². The van der Waals surface area contributed by atoms with Crippen LogP contribution in [0.4, 0.5) is 0 Å². The van der Waals surface area contributed by atoms with Crippen LogP contribution in [0.1, 0.15) is 11.1 Å². The van der Waals surface area contributed by atoms with Gasteiger partial charge in [0.2, 0.25) is 5.89 Å². The molecule has 3 aromatic rings. The lowest BCUT2D eigenvalue weighted by atomic mass is 10.1. The molecular weight excluding hydrogens is 310 g/mol. The van der Waals surface area contributed by atoms with Gasteiger partial charge in [-0.2, -0.15) is 12.6 Å². The van der Waals surface area contributed by atoms with Crippen LogP contribution in [0.15, 0.2) is 59.0 Å². The van der Waals surface area contributed by atoms with Crippen molar-refractivity contribution in [2.24, 2.45) is 0 Å². The molecule has 0 saturated heterocycles. The second-order valence-electron chi connectivity index (χ2n) is 4.91. The van der Waals surface area contributed by atoms with Gasteiger partial charge in [-0.15, -0.1) is 0 Å². The van der Waals surface area contributed by atoms with Crippen LogP contribution in [0.2, 0.25) is 0 Å². The molecule has 2 aromatic carbocycles. The Bertz CT molecular complexity index is 797. The van der Waals surface area contributed by atoms with Gasteiger partial charge in [-0.1, -0.05) is 30.3 Å². The molecule has 0 saturated carbocycles. The largest absolute Gasteiger partial charge is 0.497 e. The summed E-state index contributed by atoms with van der Waals surface area (Å²) in [6.45, 7) is 0. The van der Waals surface area contributed by atoms with Gasteiger partial charge in [-0.05, 0) is 24.3 Å². The van der Waals surface area contributed by atoms with E-state index in [1.54, 1.807) is 7.11 Å². The minimum atomic E-state index is -0.690. The van der Waals surface area contributed by atoms with Gasteiger partial charge in [0.25, 0.3) is 0 Å². The van der Waals surface area contributed by atoms with Crippen LogP contribution < -0.4 is 4.74 Å². The quantitative estimate of drug-likeness (QED) is 0.564. The normalized spacial score (nSPS) is 11.9.